The van der Waals surface area contributed by atoms with Gasteiger partial charge in [0, 0.05) is 39.9 Å². The zero-order valence-electron chi connectivity index (χ0n) is 14.0. The van der Waals surface area contributed by atoms with Crippen molar-refractivity contribution in [2.75, 3.05) is 25.4 Å². The van der Waals surface area contributed by atoms with E-state index >= 15 is 0 Å². The number of thioether (sulfide) groups is 1. The summed E-state index contributed by atoms with van der Waals surface area (Å²) in [6, 6.07) is 2.42. The molecule has 2 rings (SSSR count). The largest absolute Gasteiger partial charge is 0.312 e. The third kappa shape index (κ3) is 5.59. The lowest BCUT2D eigenvalue weighted by atomic mass is 10.1. The zero-order chi connectivity index (χ0) is 15.3. The molecule has 1 aliphatic rings. The van der Waals surface area contributed by atoms with Gasteiger partial charge in [0.15, 0.2) is 0 Å². The fourth-order valence-corrected chi connectivity index (χ4v) is 4.84. The maximum Gasteiger partial charge on any atom is 0.0299 e. The average Bonchev–Trinajstić information content (AvgIpc) is 2.66. The Morgan fingerprint density at radius 3 is 2.90 bits per heavy atom. The second-order valence-electron chi connectivity index (χ2n) is 6.61. The molecular formula is C17H30N2S2. The minimum atomic E-state index is 0.452. The Morgan fingerprint density at radius 2 is 2.14 bits per heavy atom. The van der Waals surface area contributed by atoms with Crippen LogP contribution in [0.5, 0.6) is 0 Å². The fraction of sp³-hybridized carbons (Fsp3) is 0.765. The highest BCUT2D eigenvalue weighted by molar-refractivity contribution is 8.00. The van der Waals surface area contributed by atoms with Crippen LogP contribution in [-0.4, -0.2) is 35.0 Å². The lowest BCUT2D eigenvalue weighted by molar-refractivity contribution is 0.276. The summed E-state index contributed by atoms with van der Waals surface area (Å²) in [6.07, 6.45) is 2.50. The molecule has 2 heterocycles. The molecule has 4 heteroatoms. The first-order valence-electron chi connectivity index (χ1n) is 8.15. The summed E-state index contributed by atoms with van der Waals surface area (Å²) in [4.78, 5) is 5.62. The van der Waals surface area contributed by atoms with Crippen LogP contribution in [0.25, 0.3) is 0 Å². The summed E-state index contributed by atoms with van der Waals surface area (Å²) in [5.41, 5.74) is 1.54. The van der Waals surface area contributed by atoms with E-state index in [1.165, 1.54) is 47.0 Å². The number of nitrogens with one attached hydrogen (secondary N) is 1. The fourth-order valence-electron chi connectivity index (χ4n) is 2.68. The number of aryl methyl sites for hydroxylation is 1. The number of hydrogen-bond acceptors (Lipinski definition) is 4. The van der Waals surface area contributed by atoms with Crippen molar-refractivity contribution in [3.8, 4) is 0 Å². The van der Waals surface area contributed by atoms with Gasteiger partial charge in [-0.05, 0) is 44.5 Å². The molecule has 0 bridgehead atoms. The van der Waals surface area contributed by atoms with Crippen molar-refractivity contribution >= 4 is 23.1 Å². The van der Waals surface area contributed by atoms with E-state index in [9.17, 15) is 0 Å². The van der Waals surface area contributed by atoms with E-state index in [1.807, 2.05) is 11.3 Å². The number of nitrogens with zero attached hydrogens (tertiary/aromatic N) is 1. The van der Waals surface area contributed by atoms with Gasteiger partial charge < -0.3 is 5.32 Å². The smallest absolute Gasteiger partial charge is 0.0299 e. The van der Waals surface area contributed by atoms with E-state index < -0.39 is 0 Å². The molecule has 0 spiro atoms. The second-order valence-corrected chi connectivity index (χ2v) is 9.75. The third-order valence-corrected chi connectivity index (χ3v) is 6.59. The Balaban J connectivity index is 1.90. The van der Waals surface area contributed by atoms with Crippen molar-refractivity contribution in [1.29, 1.82) is 0 Å². The monoisotopic (exact) mass is 326 g/mol. The molecule has 120 valence electrons. The lowest BCUT2D eigenvalue weighted by Crippen LogP contribution is -2.26. The van der Waals surface area contributed by atoms with Crippen molar-refractivity contribution in [1.82, 2.24) is 10.2 Å². The first kappa shape index (κ1) is 17.3. The molecule has 0 unspecified atom stereocenters. The zero-order valence-corrected chi connectivity index (χ0v) is 15.6. The van der Waals surface area contributed by atoms with Crippen LogP contribution in [0.1, 0.15) is 48.9 Å². The van der Waals surface area contributed by atoms with E-state index in [0.717, 1.165) is 19.6 Å². The molecular weight excluding hydrogens is 296 g/mol. The standard InChI is InChI=1S/C17H30N2S2/c1-5-7-18-12-16-11-15(14(2)21-16)13-19-8-6-17(3,4)20-10-9-19/h11,18H,5-10,12-13H2,1-4H3. The molecule has 0 aliphatic carbocycles. The summed E-state index contributed by atoms with van der Waals surface area (Å²) in [7, 11) is 0. The van der Waals surface area contributed by atoms with Crippen molar-refractivity contribution in [2.24, 2.45) is 0 Å². The second kappa shape index (κ2) is 8.00. The predicted octanol–water partition coefficient (Wildman–Crippen LogP) is 4.27. The minimum Gasteiger partial charge on any atom is -0.312 e. The van der Waals surface area contributed by atoms with Gasteiger partial charge in [-0.25, -0.2) is 0 Å². The Kier molecular flexibility index (Phi) is 6.60. The minimum absolute atomic E-state index is 0.452. The van der Waals surface area contributed by atoms with Crippen LogP contribution in [0.2, 0.25) is 0 Å². The maximum atomic E-state index is 3.51. The predicted molar refractivity (Wildman–Crippen MR) is 97.5 cm³/mol. The molecule has 1 aromatic rings. The van der Waals surface area contributed by atoms with Crippen LogP contribution in [-0.2, 0) is 13.1 Å². The quantitative estimate of drug-likeness (QED) is 0.786. The van der Waals surface area contributed by atoms with Gasteiger partial charge in [-0.3, -0.25) is 4.90 Å². The van der Waals surface area contributed by atoms with Crippen molar-refractivity contribution in [3.05, 3.63) is 21.4 Å². The van der Waals surface area contributed by atoms with Crippen molar-refractivity contribution in [2.45, 2.75) is 58.4 Å². The van der Waals surface area contributed by atoms with E-state index in [-0.39, 0.29) is 0 Å². The summed E-state index contributed by atoms with van der Waals surface area (Å²) < 4.78 is 0.452. The van der Waals surface area contributed by atoms with Gasteiger partial charge in [0.1, 0.15) is 0 Å². The molecule has 1 fully saturated rings. The van der Waals surface area contributed by atoms with Crippen LogP contribution < -0.4 is 5.32 Å². The number of rotatable bonds is 6. The van der Waals surface area contributed by atoms with Crippen LogP contribution >= 0.6 is 23.1 Å². The summed E-state index contributed by atoms with van der Waals surface area (Å²) in [5.74, 6) is 1.26. The first-order valence-corrected chi connectivity index (χ1v) is 9.95. The summed E-state index contributed by atoms with van der Waals surface area (Å²) in [6.45, 7) is 15.0. The van der Waals surface area contributed by atoms with Gasteiger partial charge in [0.05, 0.1) is 0 Å². The highest BCUT2D eigenvalue weighted by Gasteiger charge is 2.24. The highest BCUT2D eigenvalue weighted by Crippen LogP contribution is 2.31. The topological polar surface area (TPSA) is 15.3 Å². The highest BCUT2D eigenvalue weighted by atomic mass is 32.2. The molecule has 1 saturated heterocycles. The normalized spacial score (nSPS) is 19.6. The van der Waals surface area contributed by atoms with Gasteiger partial charge >= 0.3 is 0 Å². The number of thiophene rings is 1. The first-order chi connectivity index (χ1) is 10.00. The van der Waals surface area contributed by atoms with Crippen LogP contribution in [0, 0.1) is 6.92 Å². The molecule has 1 aromatic heterocycles. The molecule has 0 aromatic carbocycles. The van der Waals surface area contributed by atoms with Crippen LogP contribution in [0.3, 0.4) is 0 Å². The van der Waals surface area contributed by atoms with Gasteiger partial charge in [-0.2, -0.15) is 11.8 Å². The molecule has 21 heavy (non-hydrogen) atoms. The van der Waals surface area contributed by atoms with E-state index in [2.05, 4.69) is 55.7 Å². The Bertz CT molecular complexity index is 440. The lowest BCUT2D eigenvalue weighted by Gasteiger charge is -2.22. The SMILES string of the molecule is CCCNCc1cc(CN2CCSC(C)(C)CC2)c(C)s1. The molecule has 0 amide bonds. The van der Waals surface area contributed by atoms with Crippen LogP contribution in [0.15, 0.2) is 6.07 Å². The summed E-state index contributed by atoms with van der Waals surface area (Å²) in [5, 5.41) is 3.51. The Labute approximate surface area is 138 Å². The molecule has 1 N–H and O–H groups in total. The van der Waals surface area contributed by atoms with Gasteiger partial charge in [-0.1, -0.05) is 20.8 Å². The van der Waals surface area contributed by atoms with Crippen molar-refractivity contribution < 1.29 is 0 Å². The van der Waals surface area contributed by atoms with Crippen molar-refractivity contribution in [3.63, 3.8) is 0 Å². The van der Waals surface area contributed by atoms with E-state index in [0.29, 0.717) is 4.75 Å². The van der Waals surface area contributed by atoms with Gasteiger partial charge in [0.25, 0.3) is 0 Å². The molecule has 0 atom stereocenters. The average molecular weight is 327 g/mol. The third-order valence-electron chi connectivity index (χ3n) is 4.12. The molecule has 0 radical (unpaired) electrons. The van der Waals surface area contributed by atoms with Gasteiger partial charge in [-0.15, -0.1) is 11.3 Å². The van der Waals surface area contributed by atoms with Gasteiger partial charge in [0.2, 0.25) is 0 Å². The van der Waals surface area contributed by atoms with E-state index in [4.69, 9.17) is 0 Å². The summed E-state index contributed by atoms with van der Waals surface area (Å²) >= 11 is 4.09. The molecule has 0 saturated carbocycles. The van der Waals surface area contributed by atoms with E-state index in [1.54, 1.807) is 0 Å². The molecule has 1 aliphatic heterocycles. The number of hydrogen-bond donors (Lipinski definition) is 1. The molecule has 2 nitrogen and oxygen atoms in total. The Hall–Kier alpha value is -0.0300. The van der Waals surface area contributed by atoms with Crippen LogP contribution in [0.4, 0.5) is 0 Å². The maximum absolute atomic E-state index is 3.51. The Morgan fingerprint density at radius 1 is 1.33 bits per heavy atom.